The molecule has 98 valence electrons. The van der Waals surface area contributed by atoms with Gasteiger partial charge >= 0.3 is 0 Å². The predicted molar refractivity (Wildman–Crippen MR) is 75.7 cm³/mol. The van der Waals surface area contributed by atoms with Crippen LogP contribution in [0.25, 0.3) is 0 Å². The molecule has 0 spiro atoms. The van der Waals surface area contributed by atoms with Crippen LogP contribution >= 0.6 is 23.2 Å². The highest BCUT2D eigenvalue weighted by Crippen LogP contribution is 2.26. The largest absolute Gasteiger partial charge is 0.340 e. The lowest BCUT2D eigenvalue weighted by Gasteiger charge is -2.21. The van der Waals surface area contributed by atoms with Crippen LogP contribution < -0.4 is 5.73 Å². The third-order valence-electron chi connectivity index (χ3n) is 2.55. The van der Waals surface area contributed by atoms with Crippen molar-refractivity contribution in [1.29, 1.82) is 0 Å². The average Bonchev–Trinajstić information content (AvgIpc) is 2.34. The second kappa shape index (κ2) is 6.78. The van der Waals surface area contributed by atoms with Crippen molar-refractivity contribution in [3.05, 3.63) is 46.5 Å². The van der Waals surface area contributed by atoms with Gasteiger partial charge in [0.15, 0.2) is 0 Å². The summed E-state index contributed by atoms with van der Waals surface area (Å²) in [4.78, 5) is 13.4. The fourth-order valence-electron chi connectivity index (χ4n) is 1.57. The molecule has 0 aliphatic heterocycles. The fourth-order valence-corrected chi connectivity index (χ4v) is 1.95. The first-order chi connectivity index (χ1) is 8.47. The van der Waals surface area contributed by atoms with Gasteiger partial charge in [0.2, 0.25) is 5.91 Å². The van der Waals surface area contributed by atoms with Crippen molar-refractivity contribution < 1.29 is 4.79 Å². The maximum Gasteiger partial charge on any atom is 0.239 e. The van der Waals surface area contributed by atoms with E-state index >= 15 is 0 Å². The molecule has 0 saturated carbocycles. The van der Waals surface area contributed by atoms with E-state index in [-0.39, 0.29) is 5.91 Å². The van der Waals surface area contributed by atoms with Crippen LogP contribution in [0.4, 0.5) is 0 Å². The summed E-state index contributed by atoms with van der Waals surface area (Å²) in [5.74, 6) is -0.147. The molecule has 1 unspecified atom stereocenters. The van der Waals surface area contributed by atoms with Crippen LogP contribution in [0.1, 0.15) is 12.0 Å². The van der Waals surface area contributed by atoms with Gasteiger partial charge in [0.25, 0.3) is 0 Å². The zero-order chi connectivity index (χ0) is 13.7. The quantitative estimate of drug-likeness (QED) is 0.846. The van der Waals surface area contributed by atoms with Gasteiger partial charge in [0.1, 0.15) is 0 Å². The van der Waals surface area contributed by atoms with E-state index < -0.39 is 6.04 Å². The summed E-state index contributed by atoms with van der Waals surface area (Å²) < 4.78 is 0. The van der Waals surface area contributed by atoms with Gasteiger partial charge in [0, 0.05) is 13.6 Å². The topological polar surface area (TPSA) is 46.3 Å². The minimum absolute atomic E-state index is 0.147. The number of hydrogen-bond acceptors (Lipinski definition) is 2. The molecule has 1 amide bonds. The smallest absolute Gasteiger partial charge is 0.239 e. The molecule has 1 rings (SSSR count). The number of hydrogen-bond donors (Lipinski definition) is 1. The van der Waals surface area contributed by atoms with E-state index in [9.17, 15) is 4.79 Å². The Kier molecular flexibility index (Phi) is 5.66. The van der Waals surface area contributed by atoms with Crippen molar-refractivity contribution in [2.75, 3.05) is 7.05 Å². The van der Waals surface area contributed by atoms with Crippen LogP contribution in [0.15, 0.2) is 30.9 Å². The summed E-state index contributed by atoms with van der Waals surface area (Å²) in [5, 5.41) is 0.946. The van der Waals surface area contributed by atoms with E-state index in [0.717, 1.165) is 5.56 Å². The van der Waals surface area contributed by atoms with Crippen molar-refractivity contribution in [3.8, 4) is 0 Å². The molecule has 5 heteroatoms. The molecule has 1 aromatic carbocycles. The number of likely N-dealkylation sites (N-methyl/N-ethyl adjacent to an activating group) is 1. The van der Waals surface area contributed by atoms with Crippen molar-refractivity contribution in [2.45, 2.75) is 19.0 Å². The van der Waals surface area contributed by atoms with Gasteiger partial charge in [-0.25, -0.2) is 0 Å². The van der Waals surface area contributed by atoms with Gasteiger partial charge in [-0.1, -0.05) is 41.4 Å². The molecule has 1 atom stereocenters. The fraction of sp³-hybridized carbons (Fsp3) is 0.308. The van der Waals surface area contributed by atoms with Crippen LogP contribution in [0, 0.1) is 0 Å². The summed E-state index contributed by atoms with van der Waals surface area (Å²) in [5.41, 5.74) is 6.53. The Morgan fingerprint density at radius 2 is 2.22 bits per heavy atom. The highest BCUT2D eigenvalue weighted by Gasteiger charge is 2.17. The van der Waals surface area contributed by atoms with E-state index in [4.69, 9.17) is 28.9 Å². The highest BCUT2D eigenvalue weighted by atomic mass is 35.5. The molecule has 3 nitrogen and oxygen atoms in total. The van der Waals surface area contributed by atoms with Gasteiger partial charge in [-0.05, 0) is 18.1 Å². The molecular formula is C13H16Cl2N2O. The first-order valence-corrected chi connectivity index (χ1v) is 6.27. The van der Waals surface area contributed by atoms with Crippen LogP contribution in [0.2, 0.25) is 10.0 Å². The molecule has 18 heavy (non-hydrogen) atoms. The minimum Gasteiger partial charge on any atom is -0.340 e. The molecule has 0 aromatic heterocycles. The molecule has 0 aliphatic carbocycles. The second-order valence-electron chi connectivity index (χ2n) is 4.04. The molecule has 2 N–H and O–H groups in total. The first kappa shape index (κ1) is 15.0. The van der Waals surface area contributed by atoms with Gasteiger partial charge < -0.3 is 10.6 Å². The Morgan fingerprint density at radius 1 is 1.56 bits per heavy atom. The average molecular weight is 287 g/mol. The number of carbonyl (C=O) groups excluding carboxylic acids is 1. The number of benzene rings is 1. The third kappa shape index (κ3) is 3.73. The van der Waals surface area contributed by atoms with Gasteiger partial charge in [-0.2, -0.15) is 0 Å². The normalized spacial score (nSPS) is 12.0. The van der Waals surface area contributed by atoms with Crippen molar-refractivity contribution in [1.82, 2.24) is 4.90 Å². The van der Waals surface area contributed by atoms with Crippen molar-refractivity contribution in [3.63, 3.8) is 0 Å². The first-order valence-electron chi connectivity index (χ1n) is 5.51. The zero-order valence-corrected chi connectivity index (χ0v) is 11.7. The molecule has 0 fully saturated rings. The van der Waals surface area contributed by atoms with Crippen LogP contribution in [0.3, 0.4) is 0 Å². The monoisotopic (exact) mass is 286 g/mol. The lowest BCUT2D eigenvalue weighted by atomic mass is 10.1. The number of rotatable bonds is 5. The molecule has 0 radical (unpaired) electrons. The lowest BCUT2D eigenvalue weighted by Crippen LogP contribution is -2.41. The van der Waals surface area contributed by atoms with Crippen molar-refractivity contribution in [2.24, 2.45) is 5.73 Å². The molecule has 0 heterocycles. The van der Waals surface area contributed by atoms with E-state index in [1.54, 1.807) is 25.3 Å². The summed E-state index contributed by atoms with van der Waals surface area (Å²) in [7, 11) is 1.68. The molecular weight excluding hydrogens is 271 g/mol. The summed E-state index contributed by atoms with van der Waals surface area (Å²) in [6.07, 6.45) is 2.08. The van der Waals surface area contributed by atoms with Crippen molar-refractivity contribution >= 4 is 29.1 Å². The van der Waals surface area contributed by atoms with Crippen LogP contribution in [0.5, 0.6) is 0 Å². The number of nitrogens with two attached hydrogens (primary N) is 1. The van der Waals surface area contributed by atoms with E-state index in [1.165, 1.54) is 4.90 Å². The van der Waals surface area contributed by atoms with Gasteiger partial charge in [-0.3, -0.25) is 4.79 Å². The Balaban J connectivity index is 2.75. The molecule has 0 saturated heterocycles. The molecule has 0 aliphatic rings. The molecule has 0 bridgehead atoms. The Bertz CT molecular complexity index is 449. The Labute approximate surface area is 117 Å². The zero-order valence-electron chi connectivity index (χ0n) is 10.2. The Morgan fingerprint density at radius 3 is 2.83 bits per heavy atom. The SMILES string of the molecule is C=CCC(N)C(=O)N(C)Cc1cccc(Cl)c1Cl. The number of halogens is 2. The second-order valence-corrected chi connectivity index (χ2v) is 4.82. The highest BCUT2D eigenvalue weighted by molar-refractivity contribution is 6.42. The number of carbonyl (C=O) groups is 1. The summed E-state index contributed by atoms with van der Waals surface area (Å²) in [6.45, 7) is 3.94. The summed E-state index contributed by atoms with van der Waals surface area (Å²) >= 11 is 12.0. The maximum atomic E-state index is 11.9. The van der Waals surface area contributed by atoms with Crippen LogP contribution in [-0.2, 0) is 11.3 Å². The summed E-state index contributed by atoms with van der Waals surface area (Å²) in [6, 6.07) is 4.77. The van der Waals surface area contributed by atoms with E-state index in [2.05, 4.69) is 6.58 Å². The lowest BCUT2D eigenvalue weighted by molar-refractivity contribution is -0.131. The van der Waals surface area contributed by atoms with Gasteiger partial charge in [0.05, 0.1) is 16.1 Å². The minimum atomic E-state index is -0.564. The van der Waals surface area contributed by atoms with E-state index in [1.807, 2.05) is 6.07 Å². The third-order valence-corrected chi connectivity index (χ3v) is 3.41. The number of amides is 1. The standard InChI is InChI=1S/C13H16Cl2N2O/c1-3-5-11(16)13(18)17(2)8-9-6-4-7-10(14)12(9)15/h3-4,6-7,11H,1,5,8,16H2,2H3. The predicted octanol–water partition coefficient (Wildman–Crippen LogP) is 2.86. The van der Waals surface area contributed by atoms with Crippen LogP contribution in [-0.4, -0.2) is 23.9 Å². The van der Waals surface area contributed by atoms with Gasteiger partial charge in [-0.15, -0.1) is 6.58 Å². The maximum absolute atomic E-state index is 11.9. The molecule has 1 aromatic rings. The van der Waals surface area contributed by atoms with E-state index in [0.29, 0.717) is 23.0 Å². The Hall–Kier alpha value is -1.03. The number of nitrogens with zero attached hydrogens (tertiary/aromatic N) is 1.